The van der Waals surface area contributed by atoms with Crippen LogP contribution >= 0.6 is 0 Å². The van der Waals surface area contributed by atoms with Gasteiger partial charge in [0.2, 0.25) is 0 Å². The molecule has 0 radical (unpaired) electrons. The highest BCUT2D eigenvalue weighted by atomic mass is 15.2. The third kappa shape index (κ3) is 0.932. The van der Waals surface area contributed by atoms with Crippen LogP contribution in [0.15, 0.2) is 35.2 Å². The molecule has 1 unspecified atom stereocenters. The van der Waals surface area contributed by atoms with Crippen molar-refractivity contribution in [2.75, 3.05) is 0 Å². The van der Waals surface area contributed by atoms with Gasteiger partial charge in [0.1, 0.15) is 0 Å². The largest absolute Gasteiger partial charge is 0.345 e. The van der Waals surface area contributed by atoms with Crippen molar-refractivity contribution in [1.82, 2.24) is 4.90 Å². The van der Waals surface area contributed by atoms with Crippen LogP contribution < -0.4 is 0 Å². The zero-order valence-electron chi connectivity index (χ0n) is 8.09. The third-order valence-electron chi connectivity index (χ3n) is 3.46. The number of fused-ring (bicyclic) bond motifs is 2. The van der Waals surface area contributed by atoms with E-state index < -0.39 is 0 Å². The summed E-state index contributed by atoms with van der Waals surface area (Å²) in [5.41, 5.74) is 4.79. The Labute approximate surface area is 79.4 Å². The van der Waals surface area contributed by atoms with Gasteiger partial charge in [-0.25, -0.2) is 0 Å². The Bertz CT molecular complexity index is 333. The lowest BCUT2D eigenvalue weighted by Gasteiger charge is -2.32. The topological polar surface area (TPSA) is 3.24 Å². The van der Waals surface area contributed by atoms with Gasteiger partial charge in [0.15, 0.2) is 0 Å². The zero-order valence-corrected chi connectivity index (χ0v) is 8.09. The Morgan fingerprint density at radius 3 is 3.23 bits per heavy atom. The van der Waals surface area contributed by atoms with Gasteiger partial charge < -0.3 is 4.90 Å². The standard InChI is InChI=1S/C12H15N/c1-9-8-10-4-2-5-11(10)12-6-3-7-13(9)12/h3,7-8,12H,2,4-6H2,1H3. The average Bonchev–Trinajstić information content (AvgIpc) is 2.66. The Hall–Kier alpha value is -0.980. The first-order valence-electron chi connectivity index (χ1n) is 5.21. The molecule has 2 heterocycles. The molecule has 1 atom stereocenters. The molecular weight excluding hydrogens is 158 g/mol. The molecule has 3 rings (SSSR count). The van der Waals surface area contributed by atoms with Crippen molar-refractivity contribution in [2.24, 2.45) is 0 Å². The van der Waals surface area contributed by atoms with Crippen LogP contribution in [0.25, 0.3) is 0 Å². The van der Waals surface area contributed by atoms with Gasteiger partial charge in [-0.3, -0.25) is 0 Å². The van der Waals surface area contributed by atoms with E-state index in [0.29, 0.717) is 6.04 Å². The Morgan fingerprint density at radius 2 is 2.31 bits per heavy atom. The molecule has 0 aromatic rings. The van der Waals surface area contributed by atoms with Crippen LogP contribution in [0.3, 0.4) is 0 Å². The van der Waals surface area contributed by atoms with E-state index in [-0.39, 0.29) is 0 Å². The minimum absolute atomic E-state index is 0.697. The first kappa shape index (κ1) is 7.43. The summed E-state index contributed by atoms with van der Waals surface area (Å²) in [6.07, 6.45) is 12.2. The number of allylic oxidation sites excluding steroid dienone is 3. The fraction of sp³-hybridized carbons (Fsp3) is 0.500. The number of nitrogens with zero attached hydrogens (tertiary/aromatic N) is 1. The molecule has 2 aliphatic heterocycles. The van der Waals surface area contributed by atoms with E-state index in [4.69, 9.17) is 0 Å². The van der Waals surface area contributed by atoms with Gasteiger partial charge in [0.25, 0.3) is 0 Å². The predicted molar refractivity (Wildman–Crippen MR) is 54.0 cm³/mol. The minimum Gasteiger partial charge on any atom is -0.345 e. The molecule has 68 valence electrons. The molecule has 1 nitrogen and oxygen atoms in total. The summed E-state index contributed by atoms with van der Waals surface area (Å²) in [5, 5.41) is 0. The summed E-state index contributed by atoms with van der Waals surface area (Å²) in [7, 11) is 0. The maximum atomic E-state index is 2.43. The second-order valence-corrected chi connectivity index (χ2v) is 4.23. The first-order chi connectivity index (χ1) is 6.36. The van der Waals surface area contributed by atoms with E-state index in [0.717, 1.165) is 0 Å². The lowest BCUT2D eigenvalue weighted by atomic mass is 9.96. The van der Waals surface area contributed by atoms with E-state index in [9.17, 15) is 0 Å². The summed E-state index contributed by atoms with van der Waals surface area (Å²) in [4.78, 5) is 2.43. The van der Waals surface area contributed by atoms with Crippen LogP contribution in [0, 0.1) is 0 Å². The Morgan fingerprint density at radius 1 is 1.38 bits per heavy atom. The summed E-state index contributed by atoms with van der Waals surface area (Å²) >= 11 is 0. The van der Waals surface area contributed by atoms with Crippen molar-refractivity contribution >= 4 is 0 Å². The summed E-state index contributed by atoms with van der Waals surface area (Å²) in [6.45, 7) is 2.23. The molecule has 0 aromatic carbocycles. The van der Waals surface area contributed by atoms with Crippen molar-refractivity contribution in [1.29, 1.82) is 0 Å². The van der Waals surface area contributed by atoms with Gasteiger partial charge in [-0.05, 0) is 49.8 Å². The molecular formula is C12H15N. The summed E-state index contributed by atoms with van der Waals surface area (Å²) < 4.78 is 0. The number of hydrogen-bond acceptors (Lipinski definition) is 1. The van der Waals surface area contributed by atoms with E-state index in [1.165, 1.54) is 31.4 Å². The zero-order chi connectivity index (χ0) is 8.84. The number of hydrogen-bond donors (Lipinski definition) is 0. The molecule has 13 heavy (non-hydrogen) atoms. The predicted octanol–water partition coefficient (Wildman–Crippen LogP) is 2.97. The van der Waals surface area contributed by atoms with E-state index in [2.05, 4.69) is 30.2 Å². The summed E-state index contributed by atoms with van der Waals surface area (Å²) in [5.74, 6) is 0. The highest BCUT2D eigenvalue weighted by Crippen LogP contribution is 2.40. The van der Waals surface area contributed by atoms with Gasteiger partial charge in [-0.15, -0.1) is 0 Å². The van der Waals surface area contributed by atoms with E-state index in [1.54, 1.807) is 11.1 Å². The molecule has 0 amide bonds. The molecule has 0 bridgehead atoms. The summed E-state index contributed by atoms with van der Waals surface area (Å²) in [6, 6.07) is 0.697. The van der Waals surface area contributed by atoms with Gasteiger partial charge in [-0.2, -0.15) is 0 Å². The van der Waals surface area contributed by atoms with Gasteiger partial charge in [-0.1, -0.05) is 6.08 Å². The molecule has 3 aliphatic rings. The van der Waals surface area contributed by atoms with Crippen LogP contribution in [-0.4, -0.2) is 10.9 Å². The number of rotatable bonds is 0. The van der Waals surface area contributed by atoms with Gasteiger partial charge in [0, 0.05) is 11.9 Å². The fourth-order valence-electron chi connectivity index (χ4n) is 2.86. The van der Waals surface area contributed by atoms with Crippen molar-refractivity contribution in [3.8, 4) is 0 Å². The van der Waals surface area contributed by atoms with Crippen molar-refractivity contribution in [3.63, 3.8) is 0 Å². The quantitative estimate of drug-likeness (QED) is 0.544. The normalized spacial score (nSPS) is 30.7. The van der Waals surface area contributed by atoms with Gasteiger partial charge >= 0.3 is 0 Å². The first-order valence-corrected chi connectivity index (χ1v) is 5.21. The Balaban J connectivity index is 2.06. The smallest absolute Gasteiger partial charge is 0.0583 e. The molecule has 0 fully saturated rings. The molecule has 1 heteroatoms. The van der Waals surface area contributed by atoms with Crippen LogP contribution in [0.2, 0.25) is 0 Å². The van der Waals surface area contributed by atoms with Crippen LogP contribution in [0.5, 0.6) is 0 Å². The van der Waals surface area contributed by atoms with E-state index in [1.807, 2.05) is 0 Å². The SMILES string of the molecule is CC1=CC2=C(CCC2)C2CC=CN12. The molecule has 1 aliphatic carbocycles. The van der Waals surface area contributed by atoms with Crippen LogP contribution in [-0.2, 0) is 0 Å². The van der Waals surface area contributed by atoms with Crippen molar-refractivity contribution in [3.05, 3.63) is 35.2 Å². The highest BCUT2D eigenvalue weighted by Gasteiger charge is 2.31. The van der Waals surface area contributed by atoms with Crippen molar-refractivity contribution < 1.29 is 0 Å². The maximum absolute atomic E-state index is 2.43. The second-order valence-electron chi connectivity index (χ2n) is 4.23. The Kier molecular flexibility index (Phi) is 1.43. The average molecular weight is 173 g/mol. The van der Waals surface area contributed by atoms with Crippen LogP contribution in [0.4, 0.5) is 0 Å². The van der Waals surface area contributed by atoms with Crippen molar-refractivity contribution in [2.45, 2.75) is 38.6 Å². The maximum Gasteiger partial charge on any atom is 0.0583 e. The van der Waals surface area contributed by atoms with Gasteiger partial charge in [0.05, 0.1) is 6.04 Å². The van der Waals surface area contributed by atoms with E-state index >= 15 is 0 Å². The fourth-order valence-corrected chi connectivity index (χ4v) is 2.86. The molecule has 0 N–H and O–H groups in total. The molecule has 0 spiro atoms. The lowest BCUT2D eigenvalue weighted by Crippen LogP contribution is -2.29. The monoisotopic (exact) mass is 173 g/mol. The second kappa shape index (κ2) is 2.50. The highest BCUT2D eigenvalue weighted by molar-refractivity contribution is 5.41. The molecule has 0 saturated carbocycles. The molecule has 0 saturated heterocycles. The minimum atomic E-state index is 0.697. The molecule has 0 aromatic heterocycles. The third-order valence-corrected chi connectivity index (χ3v) is 3.46. The lowest BCUT2D eigenvalue weighted by molar-refractivity contribution is 0.396. The van der Waals surface area contributed by atoms with Crippen LogP contribution in [0.1, 0.15) is 32.6 Å².